The van der Waals surface area contributed by atoms with Gasteiger partial charge in [0.15, 0.2) is 11.0 Å². The van der Waals surface area contributed by atoms with Gasteiger partial charge < -0.3 is 0 Å². The Morgan fingerprint density at radius 1 is 0.578 bits per heavy atom. The van der Waals surface area contributed by atoms with Gasteiger partial charge in [-0.25, -0.2) is 3.89 Å². The maximum atomic E-state index is 5.36. The van der Waals surface area contributed by atoms with Crippen molar-refractivity contribution >= 4 is 207 Å². The third-order valence-corrected chi connectivity index (χ3v) is 49.4. The minimum atomic E-state index is -0.0230. The van der Waals surface area contributed by atoms with Gasteiger partial charge in [-0.05, 0) is 222 Å². The number of thiol groups is 1. The van der Waals surface area contributed by atoms with Crippen molar-refractivity contribution in [1.29, 1.82) is 0 Å². The summed E-state index contributed by atoms with van der Waals surface area (Å²) in [6.45, 7) is 45.9. The average Bonchev–Trinajstić information content (AvgIpc) is 2.05. The van der Waals surface area contributed by atoms with Gasteiger partial charge in [-0.2, -0.15) is 12.6 Å². The van der Waals surface area contributed by atoms with Gasteiger partial charge in [0.25, 0.3) is 0 Å². The summed E-state index contributed by atoms with van der Waals surface area (Å²) in [4.78, 5) is 0. The van der Waals surface area contributed by atoms with Crippen LogP contribution in [0.3, 0.4) is 0 Å². The van der Waals surface area contributed by atoms with Crippen molar-refractivity contribution in [3.8, 4) is 0 Å². The standard InChI is InChI=1S/C70H131NS19/c1-22-28-31-33-43-62(44-34-32-29-23-2)74-73-49-48-68(17,27-6)82-87-80-66(53-70(19,47-37-41-58(11)12)84-89-83-69(18,46-36-40-57(9)10)52-65-77-76-64(38-25-4)78-86-79-65)81-90(21)55-71(20,54-61(50-59(13)14)60(15)26-5)85-88-75-63(42-30-24-3)51-67(16,72)45-35-39-56(7)8/h26,39-41,50,55,61-66H,22-25,27-38,42-49,51-54H2,1-21H3/p+1. The molecule has 0 aromatic rings. The third kappa shape index (κ3) is 48.2. The molecule has 0 saturated carbocycles. The van der Waals surface area contributed by atoms with Crippen molar-refractivity contribution in [2.45, 2.75) is 342 Å². The van der Waals surface area contributed by atoms with Crippen LogP contribution in [0.25, 0.3) is 0 Å². The maximum absolute atomic E-state index is 5.36. The topological polar surface area (TPSA) is 0 Å². The van der Waals surface area contributed by atoms with Crippen molar-refractivity contribution in [2.24, 2.45) is 5.92 Å². The molecule has 0 radical (unpaired) electrons. The van der Waals surface area contributed by atoms with Crippen molar-refractivity contribution in [2.75, 3.05) is 25.6 Å². The lowest BCUT2D eigenvalue weighted by Gasteiger charge is -2.35. The Hall–Kier alpha value is 5.18. The molecule has 0 amide bonds. The highest BCUT2D eigenvalue weighted by molar-refractivity contribution is 9.13. The fraction of sp³-hybridized carbons (Fsp3) is 0.843. The molecule has 1 aliphatic heterocycles. The highest BCUT2D eigenvalue weighted by Gasteiger charge is 2.37. The first-order chi connectivity index (χ1) is 42.6. The zero-order valence-corrected chi connectivity index (χ0v) is 76.1. The highest BCUT2D eigenvalue weighted by atomic mass is 33.5. The van der Waals surface area contributed by atoms with E-state index in [4.69, 9.17) is 12.6 Å². The minimum Gasteiger partial charge on any atom is -0.221 e. The van der Waals surface area contributed by atoms with Crippen molar-refractivity contribution in [3.05, 3.63) is 58.2 Å². The number of nitrogens with zero attached hydrogens (tertiary/aromatic N) is 1. The Morgan fingerprint density at radius 2 is 1.13 bits per heavy atom. The van der Waals surface area contributed by atoms with Gasteiger partial charge in [0.05, 0.1) is 20.8 Å². The number of rotatable bonds is 55. The number of hydrogen-bond acceptors (Lipinski definition) is 18. The Labute approximate surface area is 635 Å². The van der Waals surface area contributed by atoms with E-state index in [1.165, 1.54) is 168 Å². The predicted octanol–water partition coefficient (Wildman–Crippen LogP) is 32.9. The number of quaternary nitrogens is 1. The zero-order chi connectivity index (χ0) is 67.5. The second kappa shape index (κ2) is 54.8. The Balaban J connectivity index is 3.86. The van der Waals surface area contributed by atoms with Gasteiger partial charge in [-0.15, -0.1) is 0 Å². The molecule has 11 atom stereocenters. The van der Waals surface area contributed by atoms with Crippen LogP contribution in [0, 0.1) is 5.92 Å². The van der Waals surface area contributed by atoms with Crippen LogP contribution in [0.2, 0.25) is 0 Å². The van der Waals surface area contributed by atoms with Crippen molar-refractivity contribution in [1.82, 2.24) is 0 Å². The Kier molecular flexibility index (Phi) is 56.7. The highest BCUT2D eigenvalue weighted by Crippen LogP contribution is 2.63. The van der Waals surface area contributed by atoms with Gasteiger partial charge in [0.2, 0.25) is 0 Å². The molecule has 0 aromatic carbocycles. The van der Waals surface area contributed by atoms with E-state index in [2.05, 4.69) is 361 Å². The average molecular weight is 1600 g/mol. The maximum Gasteiger partial charge on any atom is 0.164 e. The first kappa shape index (κ1) is 93.2. The first-order valence-electron chi connectivity index (χ1n) is 34.2. The molecule has 1 saturated heterocycles. The van der Waals surface area contributed by atoms with Gasteiger partial charge in [-0.1, -0.05) is 309 Å². The van der Waals surface area contributed by atoms with Gasteiger partial charge in [0, 0.05) is 51.0 Å². The molecular formula is C70H132NS19+. The van der Waals surface area contributed by atoms with Crippen LogP contribution < -0.4 is 0 Å². The largest absolute Gasteiger partial charge is 0.221 e. The van der Waals surface area contributed by atoms with E-state index in [0.717, 1.165) is 47.8 Å². The monoisotopic (exact) mass is 1590 g/mol. The molecule has 0 N–H and O–H groups in total. The van der Waals surface area contributed by atoms with E-state index in [0.29, 0.717) is 24.9 Å². The van der Waals surface area contributed by atoms with Gasteiger partial charge in [-0.3, -0.25) is 0 Å². The summed E-state index contributed by atoms with van der Waals surface area (Å²) >= 11 is 5.36. The summed E-state index contributed by atoms with van der Waals surface area (Å²) in [7, 11) is 39.3. The summed E-state index contributed by atoms with van der Waals surface area (Å²) in [5.41, 5.74) is 9.94. The Morgan fingerprint density at radius 3 is 1.70 bits per heavy atom. The fourth-order valence-electron chi connectivity index (χ4n) is 9.94. The normalized spacial score (nSPS) is 19.7. The minimum absolute atomic E-state index is 0.0141. The van der Waals surface area contributed by atoms with Crippen LogP contribution in [0.5, 0.6) is 0 Å². The number of unbranched alkanes of at least 4 members (excludes halogenated alkanes) is 7. The second-order valence-electron chi connectivity index (χ2n) is 27.2. The lowest BCUT2D eigenvalue weighted by Crippen LogP contribution is -2.39. The quantitative estimate of drug-likeness (QED) is 0.00897. The summed E-state index contributed by atoms with van der Waals surface area (Å²) in [6.07, 6.45) is 47.9. The van der Waals surface area contributed by atoms with Crippen molar-refractivity contribution in [3.63, 3.8) is 0 Å². The van der Waals surface area contributed by atoms with E-state index in [-0.39, 0.29) is 28.5 Å². The Bertz CT molecular complexity index is 2020. The lowest BCUT2D eigenvalue weighted by atomic mass is 9.96. The van der Waals surface area contributed by atoms with Gasteiger partial charge in [0.1, 0.15) is 12.0 Å². The molecule has 0 bridgehead atoms. The SMILES string of the molecule is CC=C(C)C(C=C(C)C)C[N+](C)(C=S(C)SC(CC(C)(CCC=C(C)C)SSSC(C)(CCC=C(C)C)CC1SSSC(CCC)SS1)SSSC(C)(CC)CCSSC(CCCCCC)CCCCCC)SSSC(CCCC)CC(C)(S)CCC=C(C)C. The number of allylic oxidation sites excluding steroid dienone is 8. The first-order valence-corrected chi connectivity index (χ1v) is 56.5. The summed E-state index contributed by atoms with van der Waals surface area (Å²) in [5.74, 6) is 1.62. The van der Waals surface area contributed by atoms with E-state index in [9.17, 15) is 0 Å². The molecule has 1 rings (SSSR count). The van der Waals surface area contributed by atoms with Crippen LogP contribution in [-0.4, -0.2) is 78.2 Å². The third-order valence-electron chi connectivity index (χ3n) is 15.9. The molecular weight excluding hydrogens is 1460 g/mol. The smallest absolute Gasteiger partial charge is 0.164 e. The van der Waals surface area contributed by atoms with Gasteiger partial charge >= 0.3 is 0 Å². The van der Waals surface area contributed by atoms with E-state index < -0.39 is 0 Å². The van der Waals surface area contributed by atoms with Crippen LogP contribution in [-0.2, 0) is 0 Å². The molecule has 1 fully saturated rings. The molecule has 20 heteroatoms. The van der Waals surface area contributed by atoms with E-state index in [1.807, 2.05) is 0 Å². The molecule has 0 spiro atoms. The molecule has 0 aliphatic carbocycles. The zero-order valence-electron chi connectivity index (χ0n) is 60.5. The van der Waals surface area contributed by atoms with Crippen LogP contribution in [0.4, 0.5) is 0 Å². The van der Waals surface area contributed by atoms with E-state index >= 15 is 0 Å². The van der Waals surface area contributed by atoms with Crippen molar-refractivity contribution < 1.29 is 3.89 Å². The van der Waals surface area contributed by atoms with Crippen LogP contribution in [0.15, 0.2) is 58.2 Å². The molecule has 1 nitrogen and oxygen atoms in total. The molecule has 0 aromatic heterocycles. The predicted molar refractivity (Wildman–Crippen MR) is 475 cm³/mol. The van der Waals surface area contributed by atoms with Crippen LogP contribution >= 0.6 is 202 Å². The van der Waals surface area contributed by atoms with E-state index in [1.54, 1.807) is 0 Å². The fourth-order valence-corrected chi connectivity index (χ4v) is 50.4. The summed E-state index contributed by atoms with van der Waals surface area (Å²) < 4.78 is 3.10. The summed E-state index contributed by atoms with van der Waals surface area (Å²) in [6, 6.07) is 0. The second-order valence-corrected chi connectivity index (χ2v) is 57.7. The molecule has 11 unspecified atom stereocenters. The van der Waals surface area contributed by atoms with Crippen LogP contribution in [0.1, 0.15) is 298 Å². The molecule has 530 valence electrons. The lowest BCUT2D eigenvalue weighted by molar-refractivity contribution is -0.663. The molecule has 1 heterocycles. The molecule has 1 aliphatic rings. The number of hydrogen-bond donors (Lipinski definition) is 1. The summed E-state index contributed by atoms with van der Waals surface area (Å²) in [5, 5.41) is 1.38. The molecule has 90 heavy (non-hydrogen) atoms.